The van der Waals surface area contributed by atoms with E-state index in [1.54, 1.807) is 6.07 Å². The first kappa shape index (κ1) is 19.2. The Morgan fingerprint density at radius 2 is 1.87 bits per heavy atom. The van der Waals surface area contributed by atoms with Gasteiger partial charge in [-0.25, -0.2) is 15.0 Å². The zero-order valence-electron chi connectivity index (χ0n) is 17.5. The molecule has 0 atom stereocenters. The van der Waals surface area contributed by atoms with Gasteiger partial charge in [-0.2, -0.15) is 0 Å². The molecule has 3 aromatic heterocycles. The Balaban J connectivity index is 1.50. The van der Waals surface area contributed by atoms with E-state index in [9.17, 15) is 4.79 Å². The van der Waals surface area contributed by atoms with Gasteiger partial charge in [0, 0.05) is 30.9 Å². The minimum Gasteiger partial charge on any atom is -0.357 e. The zero-order chi connectivity index (χ0) is 21.2. The summed E-state index contributed by atoms with van der Waals surface area (Å²) in [7, 11) is 0. The van der Waals surface area contributed by atoms with Crippen molar-refractivity contribution in [2.75, 3.05) is 23.3 Å². The Morgan fingerprint density at radius 3 is 2.71 bits per heavy atom. The summed E-state index contributed by atoms with van der Waals surface area (Å²) in [4.78, 5) is 28.8. The molecule has 0 bridgehead atoms. The molecule has 0 spiro atoms. The van der Waals surface area contributed by atoms with E-state index < -0.39 is 0 Å². The molecule has 4 aromatic rings. The summed E-state index contributed by atoms with van der Waals surface area (Å²) in [6.45, 7) is 3.96. The smallest absolute Gasteiger partial charge is 0.275 e. The van der Waals surface area contributed by atoms with Gasteiger partial charge in [0.25, 0.3) is 5.91 Å². The molecular weight excluding hydrogens is 388 g/mol. The lowest BCUT2D eigenvalue weighted by atomic mass is 10.1. The topological polar surface area (TPSA) is 75.4 Å². The monoisotopic (exact) mass is 412 g/mol. The third-order valence-corrected chi connectivity index (χ3v) is 5.62. The van der Waals surface area contributed by atoms with E-state index in [0.717, 1.165) is 54.2 Å². The molecule has 31 heavy (non-hydrogen) atoms. The number of carbonyl (C=O) groups excluding carboxylic acids is 1. The van der Waals surface area contributed by atoms with Crippen molar-refractivity contribution >= 4 is 23.2 Å². The van der Waals surface area contributed by atoms with E-state index in [2.05, 4.69) is 26.3 Å². The van der Waals surface area contributed by atoms with E-state index >= 15 is 0 Å². The van der Waals surface area contributed by atoms with Gasteiger partial charge >= 0.3 is 0 Å². The number of fused-ring (bicyclic) bond motifs is 1. The van der Waals surface area contributed by atoms with Crippen molar-refractivity contribution in [3.63, 3.8) is 0 Å². The van der Waals surface area contributed by atoms with Crippen LogP contribution in [0, 0.1) is 6.92 Å². The van der Waals surface area contributed by atoms with Gasteiger partial charge in [-0.05, 0) is 44.4 Å². The predicted molar refractivity (Wildman–Crippen MR) is 121 cm³/mol. The number of imidazole rings is 1. The molecule has 1 amide bonds. The number of amides is 1. The van der Waals surface area contributed by atoms with E-state index in [4.69, 9.17) is 4.98 Å². The summed E-state index contributed by atoms with van der Waals surface area (Å²) in [5.74, 6) is 1.15. The molecule has 7 nitrogen and oxygen atoms in total. The maximum atomic E-state index is 13.2. The predicted octanol–water partition coefficient (Wildman–Crippen LogP) is 4.34. The lowest BCUT2D eigenvalue weighted by Crippen LogP contribution is -2.30. The van der Waals surface area contributed by atoms with Crippen molar-refractivity contribution in [3.05, 3.63) is 72.3 Å². The fourth-order valence-electron chi connectivity index (χ4n) is 4.05. The number of nitrogens with one attached hydrogen (secondary N) is 1. The minimum atomic E-state index is -0.278. The van der Waals surface area contributed by atoms with E-state index in [1.165, 1.54) is 12.7 Å². The van der Waals surface area contributed by atoms with Gasteiger partial charge in [-0.15, -0.1) is 0 Å². The highest BCUT2D eigenvalue weighted by atomic mass is 16.2. The largest absolute Gasteiger partial charge is 0.357 e. The van der Waals surface area contributed by atoms with Crippen molar-refractivity contribution in [2.45, 2.75) is 26.2 Å². The molecule has 5 rings (SSSR count). The second kappa shape index (κ2) is 8.18. The number of pyridine rings is 1. The summed E-state index contributed by atoms with van der Waals surface area (Å²) >= 11 is 0. The molecule has 7 heteroatoms. The highest BCUT2D eigenvalue weighted by Crippen LogP contribution is 2.29. The number of carbonyl (C=O) groups is 1. The van der Waals surface area contributed by atoms with Gasteiger partial charge in [0.05, 0.1) is 0 Å². The van der Waals surface area contributed by atoms with Gasteiger partial charge in [0.2, 0.25) is 0 Å². The molecule has 1 aliphatic rings. The number of aryl methyl sites for hydroxylation is 1. The zero-order valence-corrected chi connectivity index (χ0v) is 17.5. The first-order valence-corrected chi connectivity index (χ1v) is 10.6. The minimum absolute atomic E-state index is 0.278. The van der Waals surface area contributed by atoms with Crippen LogP contribution in [0.5, 0.6) is 0 Å². The molecule has 1 N–H and O–H groups in total. The summed E-state index contributed by atoms with van der Waals surface area (Å²) in [6, 6.07) is 15.7. The van der Waals surface area contributed by atoms with Crippen LogP contribution < -0.4 is 10.2 Å². The van der Waals surface area contributed by atoms with Gasteiger partial charge < -0.3 is 10.2 Å². The molecule has 0 saturated carbocycles. The van der Waals surface area contributed by atoms with Gasteiger partial charge in [-0.1, -0.05) is 29.8 Å². The number of piperidine rings is 1. The Labute approximate surface area is 180 Å². The van der Waals surface area contributed by atoms with Crippen LogP contribution in [0.4, 0.5) is 11.6 Å². The third-order valence-electron chi connectivity index (χ3n) is 5.62. The number of aromatic nitrogens is 4. The molecule has 4 heterocycles. The summed E-state index contributed by atoms with van der Waals surface area (Å²) in [5.41, 5.74) is 3.93. The number of anilines is 2. The van der Waals surface area contributed by atoms with Crippen LogP contribution in [0.1, 0.15) is 35.3 Å². The number of rotatable bonds is 4. The van der Waals surface area contributed by atoms with E-state index in [-0.39, 0.29) is 5.91 Å². The molecule has 0 aliphatic carbocycles. The van der Waals surface area contributed by atoms with Crippen LogP contribution in [0.2, 0.25) is 0 Å². The van der Waals surface area contributed by atoms with Gasteiger partial charge in [0.15, 0.2) is 0 Å². The molecule has 0 radical (unpaired) electrons. The molecule has 1 aliphatic heterocycles. The molecule has 0 unspecified atom stereocenters. The van der Waals surface area contributed by atoms with Gasteiger partial charge in [0.1, 0.15) is 35.0 Å². The quantitative estimate of drug-likeness (QED) is 0.540. The van der Waals surface area contributed by atoms with Gasteiger partial charge in [-0.3, -0.25) is 9.20 Å². The van der Waals surface area contributed by atoms with E-state index in [0.29, 0.717) is 11.5 Å². The number of hydrogen-bond donors (Lipinski definition) is 1. The Hall–Kier alpha value is -3.74. The number of benzene rings is 1. The van der Waals surface area contributed by atoms with Crippen LogP contribution in [0.15, 0.2) is 61.1 Å². The maximum Gasteiger partial charge on any atom is 0.275 e. The Kier molecular flexibility index (Phi) is 5.08. The summed E-state index contributed by atoms with van der Waals surface area (Å²) in [6.07, 6.45) is 6.90. The fourth-order valence-corrected chi connectivity index (χ4v) is 4.05. The maximum absolute atomic E-state index is 13.2. The van der Waals surface area contributed by atoms with Crippen LogP contribution in [0.3, 0.4) is 0 Å². The highest BCUT2D eigenvalue weighted by Gasteiger charge is 2.20. The van der Waals surface area contributed by atoms with Crippen molar-refractivity contribution in [2.24, 2.45) is 0 Å². The van der Waals surface area contributed by atoms with Crippen molar-refractivity contribution < 1.29 is 4.79 Å². The lowest BCUT2D eigenvalue weighted by Gasteiger charge is -2.27. The average molecular weight is 412 g/mol. The Bertz CT molecular complexity index is 1240. The SMILES string of the molecule is Cc1cccc(-c2nc3ccccn3c2NC(=O)c2cc(N3CCCCC3)ncn2)c1. The Morgan fingerprint density at radius 1 is 1.00 bits per heavy atom. The molecule has 1 saturated heterocycles. The van der Waals surface area contributed by atoms with Crippen LogP contribution in [-0.4, -0.2) is 38.3 Å². The third kappa shape index (κ3) is 3.86. The number of hydrogen-bond acceptors (Lipinski definition) is 5. The van der Waals surface area contributed by atoms with Crippen LogP contribution in [0.25, 0.3) is 16.9 Å². The normalized spacial score (nSPS) is 14.0. The van der Waals surface area contributed by atoms with Crippen molar-refractivity contribution in [1.82, 2.24) is 19.4 Å². The van der Waals surface area contributed by atoms with Crippen molar-refractivity contribution in [1.29, 1.82) is 0 Å². The second-order valence-electron chi connectivity index (χ2n) is 7.87. The fraction of sp³-hybridized carbons (Fsp3) is 0.250. The average Bonchev–Trinajstić information content (AvgIpc) is 3.18. The standard InChI is InChI=1S/C24H24N6O/c1-17-8-7-9-18(14-17)22-23(30-13-6-3-10-20(30)27-22)28-24(31)19-15-21(26-16-25-19)29-11-4-2-5-12-29/h3,6-10,13-16H,2,4-5,11-12H2,1H3,(H,28,31). The summed E-state index contributed by atoms with van der Waals surface area (Å²) < 4.78 is 1.89. The molecular formula is C24H24N6O. The molecule has 156 valence electrons. The van der Waals surface area contributed by atoms with E-state index in [1.807, 2.05) is 53.9 Å². The van der Waals surface area contributed by atoms with Crippen LogP contribution in [-0.2, 0) is 0 Å². The van der Waals surface area contributed by atoms with Crippen LogP contribution >= 0.6 is 0 Å². The molecule has 1 aromatic carbocycles. The lowest BCUT2D eigenvalue weighted by molar-refractivity contribution is 0.102. The highest BCUT2D eigenvalue weighted by molar-refractivity contribution is 6.04. The first-order valence-electron chi connectivity index (χ1n) is 10.6. The molecule has 1 fully saturated rings. The summed E-state index contributed by atoms with van der Waals surface area (Å²) in [5, 5.41) is 3.05. The van der Waals surface area contributed by atoms with Crippen molar-refractivity contribution in [3.8, 4) is 11.3 Å². The first-order chi connectivity index (χ1) is 15.2. The number of nitrogens with zero attached hydrogens (tertiary/aromatic N) is 5. The second-order valence-corrected chi connectivity index (χ2v) is 7.87.